The van der Waals surface area contributed by atoms with E-state index in [1.807, 2.05) is 20.8 Å². The van der Waals surface area contributed by atoms with E-state index in [1.165, 1.54) is 0 Å². The Hall–Kier alpha value is -0.120. The minimum Gasteiger partial charge on any atom is -0.396 e. The van der Waals surface area contributed by atoms with E-state index in [0.29, 0.717) is 19.6 Å². The number of rotatable bonds is 7. The molecule has 0 aliphatic heterocycles. The summed E-state index contributed by atoms with van der Waals surface area (Å²) in [5, 5.41) is 8.69. The lowest BCUT2D eigenvalue weighted by atomic mass is 10.1. The van der Waals surface area contributed by atoms with Gasteiger partial charge in [-0.3, -0.25) is 0 Å². The molecule has 0 spiro atoms. The lowest BCUT2D eigenvalue weighted by Crippen LogP contribution is -2.27. The van der Waals surface area contributed by atoms with Gasteiger partial charge in [0.25, 0.3) is 0 Å². The lowest BCUT2D eigenvalue weighted by molar-refractivity contribution is -0.0554. The molecule has 0 aromatic rings. The third-order valence-corrected chi connectivity index (χ3v) is 1.64. The molecule has 0 saturated heterocycles. The molecular weight excluding hydrogens is 156 g/mol. The van der Waals surface area contributed by atoms with Crippen molar-refractivity contribution in [2.45, 2.75) is 32.8 Å². The Labute approximate surface area is 74.7 Å². The zero-order valence-electron chi connectivity index (χ0n) is 8.30. The van der Waals surface area contributed by atoms with E-state index >= 15 is 0 Å². The van der Waals surface area contributed by atoms with Crippen molar-refractivity contribution in [2.24, 2.45) is 0 Å². The van der Waals surface area contributed by atoms with Crippen LogP contribution in [-0.4, -0.2) is 37.1 Å². The molecule has 0 aliphatic carbocycles. The number of hydrogen-bond acceptors (Lipinski definition) is 3. The molecule has 1 N–H and O–H groups in total. The van der Waals surface area contributed by atoms with Crippen molar-refractivity contribution in [3.63, 3.8) is 0 Å². The molecular formula is C9H20O3. The van der Waals surface area contributed by atoms with Crippen LogP contribution in [0.5, 0.6) is 0 Å². The summed E-state index contributed by atoms with van der Waals surface area (Å²) in [6.45, 7) is 8.01. The maximum atomic E-state index is 8.69. The highest BCUT2D eigenvalue weighted by Gasteiger charge is 2.16. The van der Waals surface area contributed by atoms with Crippen LogP contribution in [-0.2, 0) is 9.47 Å². The van der Waals surface area contributed by atoms with Crippen LogP contribution in [0.25, 0.3) is 0 Å². The largest absolute Gasteiger partial charge is 0.396 e. The first-order valence-electron chi connectivity index (χ1n) is 4.45. The van der Waals surface area contributed by atoms with Crippen molar-refractivity contribution in [1.82, 2.24) is 0 Å². The second-order valence-corrected chi connectivity index (χ2v) is 3.28. The fraction of sp³-hybridized carbons (Fsp3) is 1.00. The highest BCUT2D eigenvalue weighted by Crippen LogP contribution is 2.12. The van der Waals surface area contributed by atoms with Crippen molar-refractivity contribution >= 4 is 0 Å². The van der Waals surface area contributed by atoms with Crippen LogP contribution in [0.2, 0.25) is 0 Å². The number of aliphatic hydroxyl groups is 1. The Bertz CT molecular complexity index is 102. The maximum Gasteiger partial charge on any atom is 0.0707 e. The first kappa shape index (κ1) is 11.9. The van der Waals surface area contributed by atoms with Crippen LogP contribution in [0.15, 0.2) is 0 Å². The van der Waals surface area contributed by atoms with Crippen molar-refractivity contribution in [3.05, 3.63) is 0 Å². The fourth-order valence-corrected chi connectivity index (χ4v) is 0.863. The van der Waals surface area contributed by atoms with E-state index in [4.69, 9.17) is 14.6 Å². The molecule has 3 nitrogen and oxygen atoms in total. The first-order valence-corrected chi connectivity index (χ1v) is 4.45. The molecule has 0 bridgehead atoms. The average Bonchev–Trinajstić information content (AvgIpc) is 1.98. The number of ether oxygens (including phenoxy) is 2. The predicted molar refractivity (Wildman–Crippen MR) is 48.2 cm³/mol. The molecule has 0 fully saturated rings. The third kappa shape index (κ3) is 6.58. The van der Waals surface area contributed by atoms with Crippen molar-refractivity contribution in [2.75, 3.05) is 26.4 Å². The average molecular weight is 176 g/mol. The van der Waals surface area contributed by atoms with Gasteiger partial charge in [-0.05, 0) is 27.2 Å². The highest BCUT2D eigenvalue weighted by molar-refractivity contribution is 4.67. The zero-order valence-corrected chi connectivity index (χ0v) is 8.30. The second kappa shape index (κ2) is 6.40. The van der Waals surface area contributed by atoms with Crippen LogP contribution in [0.3, 0.4) is 0 Å². The van der Waals surface area contributed by atoms with Crippen molar-refractivity contribution < 1.29 is 14.6 Å². The Morgan fingerprint density at radius 3 is 2.42 bits per heavy atom. The molecule has 0 aromatic heterocycles. The molecule has 12 heavy (non-hydrogen) atoms. The van der Waals surface area contributed by atoms with Crippen LogP contribution >= 0.6 is 0 Å². The molecule has 0 radical (unpaired) electrons. The quantitative estimate of drug-likeness (QED) is 0.592. The molecule has 0 aliphatic rings. The molecule has 0 amide bonds. The van der Waals surface area contributed by atoms with Gasteiger partial charge < -0.3 is 14.6 Å². The number of hydrogen-bond donors (Lipinski definition) is 1. The first-order chi connectivity index (χ1) is 5.62. The van der Waals surface area contributed by atoms with Crippen LogP contribution in [0.1, 0.15) is 27.2 Å². The van der Waals surface area contributed by atoms with Crippen LogP contribution < -0.4 is 0 Å². The minimum atomic E-state index is -0.230. The van der Waals surface area contributed by atoms with Gasteiger partial charge in [0.1, 0.15) is 0 Å². The van der Waals surface area contributed by atoms with E-state index in [1.54, 1.807) is 0 Å². The van der Waals surface area contributed by atoms with Gasteiger partial charge in [-0.25, -0.2) is 0 Å². The van der Waals surface area contributed by atoms with E-state index in [2.05, 4.69) is 0 Å². The molecule has 3 heteroatoms. The molecule has 0 atom stereocenters. The molecule has 0 unspecified atom stereocenters. The van der Waals surface area contributed by atoms with Crippen molar-refractivity contribution in [1.29, 1.82) is 0 Å². The number of aliphatic hydroxyl groups excluding tert-OH is 1. The monoisotopic (exact) mass is 176 g/mol. The summed E-state index contributed by atoms with van der Waals surface area (Å²) >= 11 is 0. The topological polar surface area (TPSA) is 38.7 Å². The summed E-state index contributed by atoms with van der Waals surface area (Å²) in [6, 6.07) is 0. The van der Waals surface area contributed by atoms with Gasteiger partial charge in [-0.1, -0.05) is 0 Å². The van der Waals surface area contributed by atoms with Gasteiger partial charge in [-0.2, -0.15) is 0 Å². The van der Waals surface area contributed by atoms with Crippen molar-refractivity contribution in [3.8, 4) is 0 Å². The fourth-order valence-electron chi connectivity index (χ4n) is 0.863. The van der Waals surface area contributed by atoms with Crippen LogP contribution in [0, 0.1) is 0 Å². The summed E-state index contributed by atoms with van der Waals surface area (Å²) in [5.41, 5.74) is -0.230. The lowest BCUT2D eigenvalue weighted by Gasteiger charge is -2.24. The minimum absolute atomic E-state index is 0.168. The maximum absolute atomic E-state index is 8.69. The molecule has 74 valence electrons. The zero-order chi connectivity index (χ0) is 9.45. The molecule has 0 heterocycles. The predicted octanol–water partition coefficient (Wildman–Crippen LogP) is 1.20. The van der Waals surface area contributed by atoms with Crippen LogP contribution in [0.4, 0.5) is 0 Å². The standard InChI is InChI=1S/C9H20O3/c1-4-11-7-8-12-9(2,3)5-6-10/h10H,4-8H2,1-3H3. The Morgan fingerprint density at radius 2 is 1.92 bits per heavy atom. The normalized spacial score (nSPS) is 12.0. The summed E-state index contributed by atoms with van der Waals surface area (Å²) in [6.07, 6.45) is 0.666. The summed E-state index contributed by atoms with van der Waals surface area (Å²) in [4.78, 5) is 0. The van der Waals surface area contributed by atoms with E-state index < -0.39 is 0 Å². The van der Waals surface area contributed by atoms with E-state index in [9.17, 15) is 0 Å². The van der Waals surface area contributed by atoms with E-state index in [0.717, 1.165) is 6.61 Å². The molecule has 0 aromatic carbocycles. The Kier molecular flexibility index (Phi) is 6.34. The Balaban J connectivity index is 3.33. The van der Waals surface area contributed by atoms with Gasteiger partial charge >= 0.3 is 0 Å². The molecule has 0 saturated carbocycles. The van der Waals surface area contributed by atoms with Gasteiger partial charge in [0, 0.05) is 13.2 Å². The van der Waals surface area contributed by atoms with E-state index in [-0.39, 0.29) is 12.2 Å². The Morgan fingerprint density at radius 1 is 1.25 bits per heavy atom. The summed E-state index contributed by atoms with van der Waals surface area (Å²) < 4.78 is 10.6. The summed E-state index contributed by atoms with van der Waals surface area (Å²) in [7, 11) is 0. The van der Waals surface area contributed by atoms with Gasteiger partial charge in [0.05, 0.1) is 18.8 Å². The second-order valence-electron chi connectivity index (χ2n) is 3.28. The van der Waals surface area contributed by atoms with Gasteiger partial charge in [0.15, 0.2) is 0 Å². The van der Waals surface area contributed by atoms with Gasteiger partial charge in [0.2, 0.25) is 0 Å². The highest BCUT2D eigenvalue weighted by atomic mass is 16.5. The summed E-state index contributed by atoms with van der Waals surface area (Å²) in [5.74, 6) is 0. The SMILES string of the molecule is CCOCCOC(C)(C)CCO. The third-order valence-electron chi connectivity index (χ3n) is 1.64. The van der Waals surface area contributed by atoms with Gasteiger partial charge in [-0.15, -0.1) is 0 Å². The smallest absolute Gasteiger partial charge is 0.0707 e. The molecule has 0 rings (SSSR count).